The number of alkyl halides is 2. The van der Waals surface area contributed by atoms with E-state index in [2.05, 4.69) is 20.8 Å². The standard InChI is InChI=1S/C26H31Cl2N3O2/c1-5-18-11-13-19(14-12-18)31-24(29-21-10-8-7-9-20(21)25(31)32)22(6-2)30(16-15-17(3)4)26(33)23(27)28/h7-14,17,22-23H,5-6,15-16H2,1-4H3. The molecule has 3 rings (SSSR count). The number of rotatable bonds is 9. The van der Waals surface area contributed by atoms with Gasteiger partial charge in [-0.15, -0.1) is 0 Å². The average molecular weight is 488 g/mol. The van der Waals surface area contributed by atoms with Crippen LogP contribution in [-0.2, 0) is 11.2 Å². The van der Waals surface area contributed by atoms with Crippen LogP contribution < -0.4 is 5.56 Å². The number of hydrogen-bond acceptors (Lipinski definition) is 3. The molecule has 0 spiro atoms. The predicted molar refractivity (Wildman–Crippen MR) is 136 cm³/mol. The Hall–Kier alpha value is -2.37. The number of carbonyl (C=O) groups excluding carboxylic acids is 1. The van der Waals surface area contributed by atoms with E-state index >= 15 is 0 Å². The van der Waals surface area contributed by atoms with Gasteiger partial charge in [0.15, 0.2) is 4.84 Å². The summed E-state index contributed by atoms with van der Waals surface area (Å²) >= 11 is 12.1. The van der Waals surface area contributed by atoms with Crippen LogP contribution in [0, 0.1) is 5.92 Å². The zero-order valence-corrected chi connectivity index (χ0v) is 21.1. The average Bonchev–Trinajstić information content (AvgIpc) is 2.81. The van der Waals surface area contributed by atoms with Gasteiger partial charge in [-0.05, 0) is 55.0 Å². The lowest BCUT2D eigenvalue weighted by Gasteiger charge is -2.33. The Labute approximate surface area is 205 Å². The van der Waals surface area contributed by atoms with Crippen LogP contribution in [0.3, 0.4) is 0 Å². The fraction of sp³-hybridized carbons (Fsp3) is 0.423. The van der Waals surface area contributed by atoms with Crippen molar-refractivity contribution >= 4 is 40.0 Å². The number of nitrogens with zero attached hydrogens (tertiary/aromatic N) is 3. The third-order valence-electron chi connectivity index (χ3n) is 5.88. The molecule has 1 aromatic heterocycles. The molecular formula is C26H31Cl2N3O2. The first-order valence-corrected chi connectivity index (χ1v) is 12.3. The Morgan fingerprint density at radius 1 is 1.06 bits per heavy atom. The molecule has 33 heavy (non-hydrogen) atoms. The Morgan fingerprint density at radius 3 is 2.30 bits per heavy atom. The number of amides is 1. The van der Waals surface area contributed by atoms with E-state index in [4.69, 9.17) is 28.2 Å². The predicted octanol–water partition coefficient (Wildman–Crippen LogP) is 6.08. The Morgan fingerprint density at radius 2 is 1.73 bits per heavy atom. The molecule has 0 saturated heterocycles. The van der Waals surface area contributed by atoms with Crippen molar-refractivity contribution in [2.45, 2.75) is 57.8 Å². The second-order valence-corrected chi connectivity index (χ2v) is 9.68. The van der Waals surface area contributed by atoms with Crippen LogP contribution in [0.25, 0.3) is 16.6 Å². The van der Waals surface area contributed by atoms with Crippen molar-refractivity contribution in [1.29, 1.82) is 0 Å². The van der Waals surface area contributed by atoms with Crippen LogP contribution >= 0.6 is 23.2 Å². The summed E-state index contributed by atoms with van der Waals surface area (Å²) in [6.07, 6.45) is 2.24. The number of para-hydroxylation sites is 1. The Kier molecular flexibility index (Phi) is 8.55. The Bertz CT molecular complexity index is 1160. The molecule has 1 atom stereocenters. The molecule has 7 heteroatoms. The highest BCUT2D eigenvalue weighted by Crippen LogP contribution is 2.28. The molecule has 1 amide bonds. The SMILES string of the molecule is CCc1ccc(-n2c(C(CC)N(CCC(C)C)C(=O)C(Cl)Cl)nc3ccccc3c2=O)cc1. The summed E-state index contributed by atoms with van der Waals surface area (Å²) in [7, 11) is 0. The minimum absolute atomic E-state index is 0.164. The lowest BCUT2D eigenvalue weighted by molar-refractivity contribution is -0.132. The van der Waals surface area contributed by atoms with E-state index in [9.17, 15) is 9.59 Å². The first kappa shape index (κ1) is 25.3. The van der Waals surface area contributed by atoms with E-state index in [0.717, 1.165) is 12.8 Å². The molecule has 0 fully saturated rings. The fourth-order valence-corrected chi connectivity index (χ4v) is 4.24. The molecule has 1 heterocycles. The molecule has 0 aliphatic carbocycles. The summed E-state index contributed by atoms with van der Waals surface area (Å²) in [6.45, 7) is 8.74. The van der Waals surface area contributed by atoms with Gasteiger partial charge in [-0.2, -0.15) is 0 Å². The van der Waals surface area contributed by atoms with E-state index in [1.54, 1.807) is 15.5 Å². The zero-order valence-electron chi connectivity index (χ0n) is 19.6. The molecule has 1 unspecified atom stereocenters. The molecule has 0 aliphatic rings. The van der Waals surface area contributed by atoms with E-state index in [1.807, 2.05) is 49.4 Å². The summed E-state index contributed by atoms with van der Waals surface area (Å²) < 4.78 is 1.63. The number of benzene rings is 2. The van der Waals surface area contributed by atoms with Gasteiger partial charge >= 0.3 is 0 Å². The number of carbonyl (C=O) groups is 1. The third-order valence-corrected chi connectivity index (χ3v) is 6.26. The van der Waals surface area contributed by atoms with E-state index in [1.165, 1.54) is 5.56 Å². The van der Waals surface area contributed by atoms with E-state index < -0.39 is 10.9 Å². The lowest BCUT2D eigenvalue weighted by atomic mass is 10.1. The normalized spacial score (nSPS) is 12.5. The van der Waals surface area contributed by atoms with Gasteiger partial charge in [-0.3, -0.25) is 14.2 Å². The smallest absolute Gasteiger partial charge is 0.266 e. The molecule has 3 aromatic rings. The van der Waals surface area contributed by atoms with Crippen LogP contribution in [0.15, 0.2) is 53.3 Å². The molecule has 0 N–H and O–H groups in total. The maximum Gasteiger partial charge on any atom is 0.266 e. The van der Waals surface area contributed by atoms with Gasteiger partial charge in [-0.1, -0.05) is 75.2 Å². The minimum atomic E-state index is -1.18. The van der Waals surface area contributed by atoms with Gasteiger partial charge < -0.3 is 4.90 Å². The summed E-state index contributed by atoms with van der Waals surface area (Å²) in [4.78, 5) is 32.1. The zero-order chi connectivity index (χ0) is 24.1. The summed E-state index contributed by atoms with van der Waals surface area (Å²) in [6, 6.07) is 14.7. The molecule has 0 saturated carbocycles. The van der Waals surface area contributed by atoms with Crippen molar-refractivity contribution in [3.05, 3.63) is 70.3 Å². The third kappa shape index (κ3) is 5.59. The van der Waals surface area contributed by atoms with Gasteiger partial charge in [-0.25, -0.2) is 4.98 Å². The second-order valence-electron chi connectivity index (χ2n) is 8.59. The van der Waals surface area contributed by atoms with Crippen LogP contribution in [0.2, 0.25) is 0 Å². The van der Waals surface area contributed by atoms with Crippen molar-refractivity contribution in [2.24, 2.45) is 5.92 Å². The molecular weight excluding hydrogens is 457 g/mol. The number of halogens is 2. The quantitative estimate of drug-likeness (QED) is 0.343. The fourth-order valence-electron chi connectivity index (χ4n) is 3.99. The maximum absolute atomic E-state index is 13.7. The second kappa shape index (κ2) is 11.2. The number of hydrogen-bond donors (Lipinski definition) is 0. The first-order valence-electron chi connectivity index (χ1n) is 11.5. The molecule has 5 nitrogen and oxygen atoms in total. The van der Waals surface area contributed by atoms with Gasteiger partial charge in [0.05, 0.1) is 22.6 Å². The number of aryl methyl sites for hydroxylation is 1. The largest absolute Gasteiger partial charge is 0.330 e. The summed E-state index contributed by atoms with van der Waals surface area (Å²) in [5, 5.41) is 0.531. The van der Waals surface area contributed by atoms with E-state index in [-0.39, 0.29) is 11.5 Å². The van der Waals surface area contributed by atoms with Crippen molar-refractivity contribution < 1.29 is 4.79 Å². The number of aromatic nitrogens is 2. The molecule has 0 aliphatic heterocycles. The highest BCUT2D eigenvalue weighted by molar-refractivity contribution is 6.53. The first-order chi connectivity index (χ1) is 15.8. The maximum atomic E-state index is 13.7. The van der Waals surface area contributed by atoms with Crippen molar-refractivity contribution in [1.82, 2.24) is 14.5 Å². The van der Waals surface area contributed by atoms with Crippen molar-refractivity contribution in [3.63, 3.8) is 0 Å². The lowest BCUT2D eigenvalue weighted by Crippen LogP contribution is -2.41. The summed E-state index contributed by atoms with van der Waals surface area (Å²) in [5.74, 6) is 0.521. The van der Waals surface area contributed by atoms with Crippen LogP contribution in [0.4, 0.5) is 0 Å². The molecule has 0 bridgehead atoms. The van der Waals surface area contributed by atoms with Crippen LogP contribution in [0.1, 0.15) is 58.0 Å². The highest BCUT2D eigenvalue weighted by Gasteiger charge is 2.31. The van der Waals surface area contributed by atoms with E-state index in [0.29, 0.717) is 41.3 Å². The number of fused-ring (bicyclic) bond motifs is 1. The Balaban J connectivity index is 2.26. The van der Waals surface area contributed by atoms with Crippen molar-refractivity contribution in [3.8, 4) is 5.69 Å². The highest BCUT2D eigenvalue weighted by atomic mass is 35.5. The molecule has 176 valence electrons. The monoisotopic (exact) mass is 487 g/mol. The van der Waals surface area contributed by atoms with Crippen LogP contribution in [0.5, 0.6) is 0 Å². The minimum Gasteiger partial charge on any atom is -0.330 e. The van der Waals surface area contributed by atoms with Crippen LogP contribution in [-0.4, -0.2) is 31.7 Å². The van der Waals surface area contributed by atoms with Gasteiger partial charge in [0.25, 0.3) is 11.5 Å². The van der Waals surface area contributed by atoms with Gasteiger partial charge in [0.2, 0.25) is 0 Å². The topological polar surface area (TPSA) is 55.2 Å². The van der Waals surface area contributed by atoms with Crippen molar-refractivity contribution in [2.75, 3.05) is 6.54 Å². The molecule has 2 aromatic carbocycles. The summed E-state index contributed by atoms with van der Waals surface area (Å²) in [5.41, 5.74) is 2.33. The van der Waals surface area contributed by atoms with Gasteiger partial charge in [0, 0.05) is 6.54 Å². The van der Waals surface area contributed by atoms with Gasteiger partial charge in [0.1, 0.15) is 5.82 Å². The molecule has 0 radical (unpaired) electrons.